The maximum atomic E-state index is 12.7. The van der Waals surface area contributed by atoms with Crippen molar-refractivity contribution in [2.75, 3.05) is 19.7 Å². The highest BCUT2D eigenvalue weighted by Gasteiger charge is 2.29. The summed E-state index contributed by atoms with van der Waals surface area (Å²) in [6.07, 6.45) is 1.69. The van der Waals surface area contributed by atoms with E-state index >= 15 is 0 Å². The van der Waals surface area contributed by atoms with Crippen LogP contribution in [0.5, 0.6) is 0 Å². The summed E-state index contributed by atoms with van der Waals surface area (Å²) in [5, 5.41) is 10.6. The van der Waals surface area contributed by atoms with Crippen molar-refractivity contribution in [3.8, 4) is 11.1 Å². The molecule has 0 radical (unpaired) electrons. The molecule has 28 heavy (non-hydrogen) atoms. The van der Waals surface area contributed by atoms with Gasteiger partial charge in [-0.25, -0.2) is 4.52 Å². The molecule has 0 spiro atoms. The Bertz CT molecular complexity index is 1110. The predicted molar refractivity (Wildman–Crippen MR) is 107 cm³/mol. The van der Waals surface area contributed by atoms with Crippen molar-refractivity contribution in [1.82, 2.24) is 19.7 Å². The molecule has 0 unspecified atom stereocenters. The van der Waals surface area contributed by atoms with E-state index in [0.29, 0.717) is 19.7 Å². The van der Waals surface area contributed by atoms with E-state index in [1.165, 1.54) is 11.3 Å². The van der Waals surface area contributed by atoms with E-state index in [0.717, 1.165) is 27.2 Å². The van der Waals surface area contributed by atoms with Gasteiger partial charge in [0.25, 0.3) is 5.91 Å². The number of carbonyl (C=O) groups excluding carboxylic acids is 1. The smallest absolute Gasteiger partial charge is 0.264 e. The van der Waals surface area contributed by atoms with Crippen LogP contribution >= 0.6 is 11.3 Å². The number of nitrogens with zero attached hydrogens (tertiary/aromatic N) is 4. The largest absolute Gasteiger partial charge is 0.368 e. The minimum absolute atomic E-state index is 0.0473. The third-order valence-electron chi connectivity index (χ3n) is 4.94. The topological polar surface area (TPSA) is 59.7 Å². The molecule has 6 nitrogen and oxygen atoms in total. The summed E-state index contributed by atoms with van der Waals surface area (Å²) >= 11 is 1.46. The van der Waals surface area contributed by atoms with Crippen LogP contribution in [0.15, 0.2) is 66.2 Å². The number of hydrogen-bond acceptors (Lipinski definition) is 5. The monoisotopic (exact) mass is 390 g/mol. The van der Waals surface area contributed by atoms with E-state index in [-0.39, 0.29) is 12.0 Å². The SMILES string of the molecule is O=C(c1cccs1)N1CCO[C@@H](c2nnn3cc(-c4ccccc4)ccc23)C1. The molecule has 4 heterocycles. The predicted octanol–water partition coefficient (Wildman–Crippen LogP) is 3.67. The van der Waals surface area contributed by atoms with E-state index in [9.17, 15) is 4.79 Å². The van der Waals surface area contributed by atoms with Crippen LogP contribution in [-0.2, 0) is 4.74 Å². The number of morpholine rings is 1. The van der Waals surface area contributed by atoms with Gasteiger partial charge in [-0.3, -0.25) is 4.79 Å². The molecule has 0 N–H and O–H groups in total. The van der Waals surface area contributed by atoms with E-state index in [4.69, 9.17) is 4.74 Å². The summed E-state index contributed by atoms with van der Waals surface area (Å²) in [5.41, 5.74) is 3.87. The number of hydrogen-bond donors (Lipinski definition) is 0. The Morgan fingerprint density at radius 1 is 1.07 bits per heavy atom. The van der Waals surface area contributed by atoms with E-state index in [1.807, 2.05) is 52.9 Å². The average Bonchev–Trinajstić information content (AvgIpc) is 3.43. The number of ether oxygens (including phenoxy) is 1. The molecule has 5 rings (SSSR count). The van der Waals surface area contributed by atoms with Crippen molar-refractivity contribution in [2.45, 2.75) is 6.10 Å². The summed E-state index contributed by atoms with van der Waals surface area (Å²) in [6.45, 7) is 1.55. The van der Waals surface area contributed by atoms with Crippen LogP contribution in [0.2, 0.25) is 0 Å². The highest BCUT2D eigenvalue weighted by atomic mass is 32.1. The molecule has 4 aromatic rings. The third-order valence-corrected chi connectivity index (χ3v) is 5.80. The minimum Gasteiger partial charge on any atom is -0.368 e. The van der Waals surface area contributed by atoms with Crippen molar-refractivity contribution in [2.24, 2.45) is 0 Å². The van der Waals surface area contributed by atoms with Gasteiger partial charge in [0.2, 0.25) is 0 Å². The lowest BCUT2D eigenvalue weighted by molar-refractivity contribution is -0.0239. The second kappa shape index (κ2) is 7.18. The van der Waals surface area contributed by atoms with Gasteiger partial charge in [-0.05, 0) is 23.1 Å². The van der Waals surface area contributed by atoms with Gasteiger partial charge in [-0.15, -0.1) is 16.4 Å². The normalized spacial score (nSPS) is 17.1. The molecule has 0 saturated carbocycles. The summed E-state index contributed by atoms with van der Waals surface area (Å²) < 4.78 is 7.72. The summed E-state index contributed by atoms with van der Waals surface area (Å²) in [4.78, 5) is 15.3. The number of benzene rings is 1. The lowest BCUT2D eigenvalue weighted by atomic mass is 10.1. The Morgan fingerprint density at radius 3 is 2.79 bits per heavy atom. The molecule has 1 aromatic carbocycles. The minimum atomic E-state index is -0.280. The fourth-order valence-corrected chi connectivity index (χ4v) is 4.19. The molecule has 1 aliphatic heterocycles. The molecule has 1 aliphatic rings. The molecule has 140 valence electrons. The molecule has 1 amide bonds. The van der Waals surface area contributed by atoms with Crippen molar-refractivity contribution < 1.29 is 9.53 Å². The highest BCUT2D eigenvalue weighted by Crippen LogP contribution is 2.27. The first-order valence-corrected chi connectivity index (χ1v) is 10.0. The quantitative estimate of drug-likeness (QED) is 0.536. The number of aromatic nitrogens is 3. The lowest BCUT2D eigenvalue weighted by Gasteiger charge is -2.31. The summed E-state index contributed by atoms with van der Waals surface area (Å²) in [5.74, 6) is 0.0473. The molecule has 7 heteroatoms. The van der Waals surface area contributed by atoms with Gasteiger partial charge >= 0.3 is 0 Å². The Morgan fingerprint density at radius 2 is 1.96 bits per heavy atom. The van der Waals surface area contributed by atoms with Crippen LogP contribution in [-0.4, -0.2) is 45.3 Å². The zero-order chi connectivity index (χ0) is 18.9. The zero-order valence-electron chi connectivity index (χ0n) is 15.1. The second-order valence-corrected chi connectivity index (χ2v) is 7.62. The molecular weight excluding hydrogens is 372 g/mol. The van der Waals surface area contributed by atoms with Crippen LogP contribution in [0.25, 0.3) is 16.6 Å². The summed E-state index contributed by atoms with van der Waals surface area (Å²) in [6, 6.07) is 18.0. The number of rotatable bonds is 3. The van der Waals surface area contributed by atoms with E-state index in [1.54, 1.807) is 4.52 Å². The number of carbonyl (C=O) groups is 1. The van der Waals surface area contributed by atoms with Gasteiger partial charge in [0.05, 0.1) is 23.5 Å². The van der Waals surface area contributed by atoms with Crippen molar-refractivity contribution in [1.29, 1.82) is 0 Å². The van der Waals surface area contributed by atoms with Crippen LogP contribution in [0.4, 0.5) is 0 Å². The molecular formula is C21H18N4O2S. The number of pyridine rings is 1. The summed E-state index contributed by atoms with van der Waals surface area (Å²) in [7, 11) is 0. The maximum Gasteiger partial charge on any atom is 0.264 e. The third kappa shape index (κ3) is 3.08. The number of thiophene rings is 1. The first kappa shape index (κ1) is 17.1. The fourth-order valence-electron chi connectivity index (χ4n) is 3.50. The molecule has 0 bridgehead atoms. The fraction of sp³-hybridized carbons (Fsp3) is 0.190. The van der Waals surface area contributed by atoms with Gasteiger partial charge in [-0.1, -0.05) is 47.7 Å². The van der Waals surface area contributed by atoms with Gasteiger partial charge in [0.1, 0.15) is 11.8 Å². The average molecular weight is 390 g/mol. The Balaban J connectivity index is 1.42. The van der Waals surface area contributed by atoms with Gasteiger partial charge < -0.3 is 9.64 Å². The van der Waals surface area contributed by atoms with Crippen molar-refractivity contribution in [3.05, 3.63) is 76.7 Å². The second-order valence-electron chi connectivity index (χ2n) is 6.68. The molecule has 1 saturated heterocycles. The van der Waals surface area contributed by atoms with Gasteiger partial charge in [0.15, 0.2) is 0 Å². The van der Waals surface area contributed by atoms with Crippen molar-refractivity contribution in [3.63, 3.8) is 0 Å². The standard InChI is InChI=1S/C21H18N4O2S/c26-21(19-7-4-12-28-19)24-10-11-27-18(14-24)20-17-9-8-16(13-25(17)23-22-20)15-5-2-1-3-6-15/h1-9,12-13,18H,10-11,14H2/t18-/m1/s1. The Labute approximate surface area is 166 Å². The Kier molecular flexibility index (Phi) is 4.38. The van der Waals surface area contributed by atoms with Crippen LogP contribution in [0.3, 0.4) is 0 Å². The van der Waals surface area contributed by atoms with Crippen LogP contribution in [0.1, 0.15) is 21.5 Å². The van der Waals surface area contributed by atoms with Gasteiger partial charge in [0, 0.05) is 18.3 Å². The first-order valence-electron chi connectivity index (χ1n) is 9.14. The van der Waals surface area contributed by atoms with Crippen LogP contribution < -0.4 is 0 Å². The molecule has 3 aromatic heterocycles. The lowest BCUT2D eigenvalue weighted by Crippen LogP contribution is -2.42. The molecule has 0 aliphatic carbocycles. The van der Waals surface area contributed by atoms with Crippen molar-refractivity contribution >= 4 is 22.8 Å². The van der Waals surface area contributed by atoms with E-state index < -0.39 is 0 Å². The zero-order valence-corrected chi connectivity index (χ0v) is 15.9. The Hall–Kier alpha value is -3.03. The van der Waals surface area contributed by atoms with E-state index in [2.05, 4.69) is 28.5 Å². The van der Waals surface area contributed by atoms with Crippen LogP contribution in [0, 0.1) is 0 Å². The number of amides is 1. The molecule has 1 fully saturated rings. The number of fused-ring (bicyclic) bond motifs is 1. The maximum absolute atomic E-state index is 12.7. The molecule has 1 atom stereocenters. The first-order chi connectivity index (χ1) is 13.8. The highest BCUT2D eigenvalue weighted by molar-refractivity contribution is 7.12. The van der Waals surface area contributed by atoms with Gasteiger partial charge in [-0.2, -0.15) is 0 Å².